The minimum absolute atomic E-state index is 0.0405. The fourth-order valence-electron chi connectivity index (χ4n) is 3.20. The Morgan fingerprint density at radius 2 is 1.76 bits per heavy atom. The van der Waals surface area contributed by atoms with Gasteiger partial charge in [0.05, 0.1) is 16.5 Å². The lowest BCUT2D eigenvalue weighted by molar-refractivity contribution is -0.384. The molecule has 1 aliphatic heterocycles. The molecule has 0 unspecified atom stereocenters. The summed E-state index contributed by atoms with van der Waals surface area (Å²) in [5.74, 6) is -0.604. The third-order valence-electron chi connectivity index (χ3n) is 4.64. The van der Waals surface area contributed by atoms with Gasteiger partial charge in [0.2, 0.25) is 0 Å². The van der Waals surface area contributed by atoms with Gasteiger partial charge in [-0.25, -0.2) is 4.39 Å². The SMILES string of the molecule is CC1=C(C(=O)N(C)C)[C@H](c2ccc([N+](=O)[O-])cc2)NC(=S)N1c1ccc(F)cc1. The van der Waals surface area contributed by atoms with E-state index in [1.807, 2.05) is 0 Å². The van der Waals surface area contributed by atoms with Gasteiger partial charge in [0.15, 0.2) is 5.11 Å². The van der Waals surface area contributed by atoms with Crippen LogP contribution in [0.15, 0.2) is 59.8 Å². The lowest BCUT2D eigenvalue weighted by atomic mass is 9.93. The third kappa shape index (κ3) is 3.95. The molecule has 0 saturated carbocycles. The van der Waals surface area contributed by atoms with E-state index >= 15 is 0 Å². The monoisotopic (exact) mass is 414 g/mol. The minimum Gasteiger partial charge on any atom is -0.351 e. The van der Waals surface area contributed by atoms with Gasteiger partial charge in [-0.05, 0) is 61.1 Å². The Balaban J connectivity index is 2.12. The molecular weight excluding hydrogens is 395 g/mol. The van der Waals surface area contributed by atoms with Crippen LogP contribution in [-0.2, 0) is 4.79 Å². The molecule has 0 spiro atoms. The quantitative estimate of drug-likeness (QED) is 0.468. The molecule has 9 heteroatoms. The molecule has 1 atom stereocenters. The molecule has 0 aliphatic carbocycles. The van der Waals surface area contributed by atoms with Gasteiger partial charge >= 0.3 is 0 Å². The van der Waals surface area contributed by atoms with E-state index in [9.17, 15) is 19.3 Å². The number of anilines is 1. The molecule has 150 valence electrons. The Bertz CT molecular complexity index is 1000. The molecule has 0 radical (unpaired) electrons. The fraction of sp³-hybridized carbons (Fsp3) is 0.200. The summed E-state index contributed by atoms with van der Waals surface area (Å²) in [6.07, 6.45) is 0. The van der Waals surface area contributed by atoms with E-state index in [1.54, 1.807) is 50.2 Å². The summed E-state index contributed by atoms with van der Waals surface area (Å²) >= 11 is 5.52. The van der Waals surface area contributed by atoms with Crippen LogP contribution in [0.2, 0.25) is 0 Å². The van der Waals surface area contributed by atoms with E-state index in [-0.39, 0.29) is 17.4 Å². The first kappa shape index (κ1) is 20.4. The van der Waals surface area contributed by atoms with Crippen molar-refractivity contribution in [3.63, 3.8) is 0 Å². The van der Waals surface area contributed by atoms with Gasteiger partial charge in [0.25, 0.3) is 11.6 Å². The molecule has 2 aromatic carbocycles. The Hall–Kier alpha value is -3.33. The molecule has 1 amide bonds. The van der Waals surface area contributed by atoms with Gasteiger partial charge in [-0.1, -0.05) is 0 Å². The molecular formula is C20H19FN4O3S. The van der Waals surface area contributed by atoms with Crippen LogP contribution in [0.4, 0.5) is 15.8 Å². The number of nitro groups is 1. The van der Waals surface area contributed by atoms with Crippen LogP contribution in [0, 0.1) is 15.9 Å². The molecule has 29 heavy (non-hydrogen) atoms. The molecule has 0 fully saturated rings. The largest absolute Gasteiger partial charge is 0.351 e. The van der Waals surface area contributed by atoms with Crippen molar-refractivity contribution in [3.8, 4) is 0 Å². The zero-order valence-electron chi connectivity index (χ0n) is 16.0. The maximum atomic E-state index is 13.3. The number of rotatable bonds is 4. The number of nitro benzene ring substituents is 1. The highest BCUT2D eigenvalue weighted by molar-refractivity contribution is 7.80. The van der Waals surface area contributed by atoms with Crippen molar-refractivity contribution in [1.29, 1.82) is 0 Å². The second-order valence-corrected chi connectivity index (χ2v) is 7.13. The van der Waals surface area contributed by atoms with Gasteiger partial charge in [-0.15, -0.1) is 0 Å². The Labute approximate surface area is 172 Å². The predicted octanol–water partition coefficient (Wildman–Crippen LogP) is 3.53. The summed E-state index contributed by atoms with van der Waals surface area (Å²) in [7, 11) is 3.29. The van der Waals surface area contributed by atoms with Crippen LogP contribution < -0.4 is 10.2 Å². The van der Waals surface area contributed by atoms with E-state index in [2.05, 4.69) is 5.32 Å². The maximum Gasteiger partial charge on any atom is 0.269 e. The molecule has 0 saturated heterocycles. The second kappa shape index (κ2) is 7.96. The smallest absolute Gasteiger partial charge is 0.269 e. The molecule has 1 aliphatic rings. The Morgan fingerprint density at radius 1 is 1.17 bits per heavy atom. The first-order valence-corrected chi connectivity index (χ1v) is 9.14. The van der Waals surface area contributed by atoms with Crippen LogP contribution in [-0.4, -0.2) is 34.9 Å². The van der Waals surface area contributed by atoms with Crippen molar-refractivity contribution in [3.05, 3.63) is 81.3 Å². The number of nitrogens with one attached hydrogen (secondary N) is 1. The van der Waals surface area contributed by atoms with Crippen molar-refractivity contribution in [1.82, 2.24) is 10.2 Å². The number of amides is 1. The van der Waals surface area contributed by atoms with Crippen molar-refractivity contribution in [2.24, 2.45) is 0 Å². The number of hydrogen-bond donors (Lipinski definition) is 1. The molecule has 0 aromatic heterocycles. The normalized spacial score (nSPS) is 16.5. The number of carbonyl (C=O) groups is 1. The van der Waals surface area contributed by atoms with Crippen LogP contribution >= 0.6 is 12.2 Å². The van der Waals surface area contributed by atoms with Gasteiger partial charge < -0.3 is 10.2 Å². The third-order valence-corrected chi connectivity index (χ3v) is 4.94. The molecule has 3 rings (SSSR count). The van der Waals surface area contributed by atoms with E-state index in [4.69, 9.17) is 12.2 Å². The van der Waals surface area contributed by atoms with Gasteiger partial charge in [0, 0.05) is 37.6 Å². The second-order valence-electron chi connectivity index (χ2n) is 6.74. The van der Waals surface area contributed by atoms with Gasteiger partial charge in [-0.3, -0.25) is 19.8 Å². The molecule has 1 N–H and O–H groups in total. The Kier molecular flexibility index (Phi) is 5.60. The summed E-state index contributed by atoms with van der Waals surface area (Å²) in [5, 5.41) is 14.4. The van der Waals surface area contributed by atoms with Crippen LogP contribution in [0.5, 0.6) is 0 Å². The first-order chi connectivity index (χ1) is 13.7. The highest BCUT2D eigenvalue weighted by Crippen LogP contribution is 2.34. The topological polar surface area (TPSA) is 78.7 Å². The van der Waals surface area contributed by atoms with E-state index in [0.717, 1.165) is 0 Å². The maximum absolute atomic E-state index is 13.3. The minimum atomic E-state index is -0.574. The fourth-order valence-corrected chi connectivity index (χ4v) is 3.56. The van der Waals surface area contributed by atoms with Crippen molar-refractivity contribution in [2.45, 2.75) is 13.0 Å². The lowest BCUT2D eigenvalue weighted by Gasteiger charge is -2.38. The van der Waals surface area contributed by atoms with Crippen molar-refractivity contribution >= 4 is 34.6 Å². The summed E-state index contributed by atoms with van der Waals surface area (Å²) < 4.78 is 13.3. The number of hydrogen-bond acceptors (Lipinski definition) is 4. The first-order valence-electron chi connectivity index (χ1n) is 8.73. The van der Waals surface area contributed by atoms with Crippen LogP contribution in [0.3, 0.4) is 0 Å². The molecule has 1 heterocycles. The number of halogens is 1. The van der Waals surface area contributed by atoms with Crippen LogP contribution in [0.25, 0.3) is 0 Å². The van der Waals surface area contributed by atoms with Crippen molar-refractivity contribution in [2.75, 3.05) is 19.0 Å². The Morgan fingerprint density at radius 3 is 2.28 bits per heavy atom. The summed E-state index contributed by atoms with van der Waals surface area (Å²) in [6.45, 7) is 1.77. The predicted molar refractivity (Wildman–Crippen MR) is 112 cm³/mol. The van der Waals surface area contributed by atoms with E-state index in [0.29, 0.717) is 27.6 Å². The number of benzene rings is 2. The summed E-state index contributed by atoms with van der Waals surface area (Å²) in [4.78, 5) is 26.6. The molecule has 0 bridgehead atoms. The van der Waals surface area contributed by atoms with Crippen molar-refractivity contribution < 1.29 is 14.1 Å². The highest BCUT2D eigenvalue weighted by Gasteiger charge is 2.35. The average Bonchev–Trinajstić information content (AvgIpc) is 2.68. The number of non-ortho nitro benzene ring substituents is 1. The number of allylic oxidation sites excluding steroid dienone is 1. The summed E-state index contributed by atoms with van der Waals surface area (Å²) in [5.41, 5.74) is 2.29. The zero-order valence-corrected chi connectivity index (χ0v) is 16.9. The van der Waals surface area contributed by atoms with Gasteiger partial charge in [-0.2, -0.15) is 0 Å². The zero-order chi connectivity index (χ0) is 21.3. The van der Waals surface area contributed by atoms with Crippen LogP contribution in [0.1, 0.15) is 18.5 Å². The number of nitrogens with zero attached hydrogens (tertiary/aromatic N) is 3. The number of likely N-dealkylation sites (N-methyl/N-ethyl adjacent to an activating group) is 1. The standard InChI is InChI=1S/C20H19FN4O3S/c1-12-17(19(26)23(2)3)18(13-4-8-16(9-5-13)25(27)28)22-20(29)24(12)15-10-6-14(21)7-11-15/h4-11,18H,1-3H3,(H,22,29)/t18-/m0/s1. The van der Waals surface area contributed by atoms with E-state index < -0.39 is 11.0 Å². The molecule has 2 aromatic rings. The van der Waals surface area contributed by atoms with Gasteiger partial charge in [0.1, 0.15) is 5.82 Å². The molecule has 7 nitrogen and oxygen atoms in total. The lowest BCUT2D eigenvalue weighted by Crippen LogP contribution is -2.49. The van der Waals surface area contributed by atoms with E-state index in [1.165, 1.54) is 29.2 Å². The highest BCUT2D eigenvalue weighted by atomic mass is 32.1. The average molecular weight is 414 g/mol. The summed E-state index contributed by atoms with van der Waals surface area (Å²) in [6, 6.07) is 11.2. The number of carbonyl (C=O) groups excluding carboxylic acids is 1. The number of thiocarbonyl (C=S) groups is 1.